The molecule has 4 nitrogen and oxygen atoms in total. The van der Waals surface area contributed by atoms with Gasteiger partial charge in [0.25, 0.3) is 0 Å². The highest BCUT2D eigenvalue weighted by Crippen LogP contribution is 2.27. The van der Waals surface area contributed by atoms with Gasteiger partial charge in [-0.3, -0.25) is 0 Å². The van der Waals surface area contributed by atoms with Gasteiger partial charge in [0.1, 0.15) is 5.82 Å². The van der Waals surface area contributed by atoms with Crippen molar-refractivity contribution in [2.45, 2.75) is 26.2 Å². The largest absolute Gasteiger partial charge is 0.357 e. The Morgan fingerprint density at radius 1 is 1.16 bits per heavy atom. The van der Waals surface area contributed by atoms with E-state index in [1.807, 2.05) is 20.2 Å². The molecule has 1 aliphatic carbocycles. The van der Waals surface area contributed by atoms with Gasteiger partial charge in [-0.05, 0) is 49.4 Å². The van der Waals surface area contributed by atoms with Crippen molar-refractivity contribution in [1.29, 1.82) is 0 Å². The minimum absolute atomic E-state index is 0.634. The highest BCUT2D eigenvalue weighted by Gasteiger charge is 2.11. The molecule has 1 aromatic carbocycles. The topological polar surface area (TPSA) is 49.8 Å². The zero-order valence-electron chi connectivity index (χ0n) is 11.3. The molecule has 0 fully saturated rings. The van der Waals surface area contributed by atoms with Crippen molar-refractivity contribution < 1.29 is 0 Å². The molecule has 0 radical (unpaired) electrons. The maximum Gasteiger partial charge on any atom is 0.224 e. The summed E-state index contributed by atoms with van der Waals surface area (Å²) in [6.07, 6.45) is 5.51. The van der Waals surface area contributed by atoms with Gasteiger partial charge in [-0.2, -0.15) is 4.98 Å². The van der Waals surface area contributed by atoms with Crippen LogP contribution in [0.5, 0.6) is 0 Å². The second kappa shape index (κ2) is 4.88. The lowest BCUT2D eigenvalue weighted by Crippen LogP contribution is -2.02. The molecule has 0 aliphatic heterocycles. The van der Waals surface area contributed by atoms with E-state index >= 15 is 0 Å². The molecule has 0 atom stereocenters. The first kappa shape index (κ1) is 12.0. The Labute approximate surface area is 113 Å². The van der Waals surface area contributed by atoms with Crippen molar-refractivity contribution in [3.05, 3.63) is 41.1 Å². The third-order valence-corrected chi connectivity index (χ3v) is 3.56. The zero-order chi connectivity index (χ0) is 13.2. The third-order valence-electron chi connectivity index (χ3n) is 3.56. The van der Waals surface area contributed by atoms with Crippen LogP contribution in [0.4, 0.5) is 17.5 Å². The van der Waals surface area contributed by atoms with Crippen molar-refractivity contribution in [2.24, 2.45) is 0 Å². The van der Waals surface area contributed by atoms with Crippen molar-refractivity contribution in [2.75, 3.05) is 17.7 Å². The van der Waals surface area contributed by atoms with Crippen molar-refractivity contribution in [1.82, 2.24) is 9.97 Å². The lowest BCUT2D eigenvalue weighted by atomic mass is 10.1. The Morgan fingerprint density at radius 3 is 2.84 bits per heavy atom. The summed E-state index contributed by atoms with van der Waals surface area (Å²) >= 11 is 0. The predicted octanol–water partition coefficient (Wildman–Crippen LogP) is 3.06. The number of hydrogen-bond acceptors (Lipinski definition) is 4. The Hall–Kier alpha value is -2.10. The smallest absolute Gasteiger partial charge is 0.224 e. The number of hydrogen-bond donors (Lipinski definition) is 2. The van der Waals surface area contributed by atoms with Crippen LogP contribution in [0.1, 0.15) is 23.1 Å². The Morgan fingerprint density at radius 2 is 2.00 bits per heavy atom. The van der Waals surface area contributed by atoms with Gasteiger partial charge in [-0.15, -0.1) is 0 Å². The van der Waals surface area contributed by atoms with E-state index in [9.17, 15) is 0 Å². The van der Waals surface area contributed by atoms with E-state index in [1.165, 1.54) is 30.4 Å². The van der Waals surface area contributed by atoms with Crippen molar-refractivity contribution in [3.8, 4) is 0 Å². The number of fused-ring (bicyclic) bond motifs is 1. The molecule has 0 saturated heterocycles. The minimum atomic E-state index is 0.634. The van der Waals surface area contributed by atoms with Crippen LogP contribution >= 0.6 is 0 Å². The fourth-order valence-corrected chi connectivity index (χ4v) is 2.48. The van der Waals surface area contributed by atoms with Gasteiger partial charge in [0, 0.05) is 24.5 Å². The summed E-state index contributed by atoms with van der Waals surface area (Å²) < 4.78 is 0. The van der Waals surface area contributed by atoms with Gasteiger partial charge in [0.15, 0.2) is 0 Å². The first-order chi connectivity index (χ1) is 9.26. The maximum absolute atomic E-state index is 4.45. The molecular weight excluding hydrogens is 236 g/mol. The van der Waals surface area contributed by atoms with E-state index in [-0.39, 0.29) is 0 Å². The molecule has 1 aliphatic rings. The zero-order valence-corrected chi connectivity index (χ0v) is 11.3. The number of aryl methyl sites for hydroxylation is 3. The highest BCUT2D eigenvalue weighted by atomic mass is 15.1. The molecule has 2 N–H and O–H groups in total. The maximum atomic E-state index is 4.45. The van der Waals surface area contributed by atoms with E-state index in [0.29, 0.717) is 5.95 Å². The van der Waals surface area contributed by atoms with Gasteiger partial charge < -0.3 is 10.6 Å². The van der Waals surface area contributed by atoms with Crippen LogP contribution in [0.3, 0.4) is 0 Å². The monoisotopic (exact) mass is 254 g/mol. The van der Waals surface area contributed by atoms with Crippen LogP contribution in [-0.4, -0.2) is 17.0 Å². The molecule has 1 heterocycles. The molecule has 0 saturated carbocycles. The van der Waals surface area contributed by atoms with Crippen LogP contribution in [0, 0.1) is 6.92 Å². The highest BCUT2D eigenvalue weighted by molar-refractivity contribution is 5.61. The number of nitrogens with zero attached hydrogens (tertiary/aromatic N) is 2. The van der Waals surface area contributed by atoms with E-state index in [0.717, 1.165) is 17.1 Å². The second-order valence-corrected chi connectivity index (χ2v) is 4.94. The van der Waals surface area contributed by atoms with Crippen LogP contribution < -0.4 is 10.6 Å². The first-order valence-electron chi connectivity index (χ1n) is 6.66. The molecule has 0 spiro atoms. The minimum Gasteiger partial charge on any atom is -0.357 e. The number of aromatic nitrogens is 2. The molecular formula is C15H18N4. The summed E-state index contributed by atoms with van der Waals surface area (Å²) in [5.74, 6) is 1.49. The standard InChI is InChI=1S/C15H18N4/c1-10-9-17-15(16-2)19-14(10)18-13-7-6-11-4-3-5-12(11)8-13/h6-9H,3-5H2,1-2H3,(H2,16,17,18,19). The Bertz CT molecular complexity index is 607. The average Bonchev–Trinajstić information content (AvgIpc) is 2.89. The molecule has 4 heteroatoms. The van der Waals surface area contributed by atoms with Crippen molar-refractivity contribution in [3.63, 3.8) is 0 Å². The number of nitrogens with one attached hydrogen (secondary N) is 2. The van der Waals surface area contributed by atoms with Gasteiger partial charge in [0.05, 0.1) is 0 Å². The molecule has 2 aromatic rings. The van der Waals surface area contributed by atoms with E-state index in [1.54, 1.807) is 0 Å². The summed E-state index contributed by atoms with van der Waals surface area (Å²) in [6, 6.07) is 6.59. The Kier molecular flexibility index (Phi) is 3.07. The lowest BCUT2D eigenvalue weighted by Gasteiger charge is -2.11. The summed E-state index contributed by atoms with van der Waals surface area (Å²) in [7, 11) is 1.82. The number of rotatable bonds is 3. The van der Waals surface area contributed by atoms with E-state index in [4.69, 9.17) is 0 Å². The van der Waals surface area contributed by atoms with Crippen LogP contribution in [0.15, 0.2) is 24.4 Å². The quantitative estimate of drug-likeness (QED) is 0.884. The molecule has 3 rings (SSSR count). The van der Waals surface area contributed by atoms with Gasteiger partial charge >= 0.3 is 0 Å². The van der Waals surface area contributed by atoms with E-state index < -0.39 is 0 Å². The summed E-state index contributed by atoms with van der Waals surface area (Å²) in [6.45, 7) is 2.01. The van der Waals surface area contributed by atoms with Crippen LogP contribution in [0.25, 0.3) is 0 Å². The molecule has 0 bridgehead atoms. The van der Waals surface area contributed by atoms with Gasteiger partial charge in [-0.1, -0.05) is 6.07 Å². The predicted molar refractivity (Wildman–Crippen MR) is 78.1 cm³/mol. The summed E-state index contributed by atoms with van der Waals surface area (Å²) in [5, 5.41) is 6.35. The third kappa shape index (κ3) is 2.38. The normalized spacial score (nSPS) is 13.2. The second-order valence-electron chi connectivity index (χ2n) is 4.94. The molecule has 0 unspecified atom stereocenters. The number of anilines is 3. The Balaban J connectivity index is 1.88. The van der Waals surface area contributed by atoms with E-state index in [2.05, 4.69) is 38.8 Å². The van der Waals surface area contributed by atoms with Crippen LogP contribution in [0.2, 0.25) is 0 Å². The molecule has 1 aromatic heterocycles. The van der Waals surface area contributed by atoms with Crippen molar-refractivity contribution >= 4 is 17.5 Å². The number of benzene rings is 1. The fourth-order valence-electron chi connectivity index (χ4n) is 2.48. The van der Waals surface area contributed by atoms with Crippen LogP contribution in [-0.2, 0) is 12.8 Å². The SMILES string of the molecule is CNc1ncc(C)c(Nc2ccc3c(c2)CCC3)n1. The summed E-state index contributed by atoms with van der Waals surface area (Å²) in [4.78, 5) is 8.64. The molecule has 98 valence electrons. The first-order valence-corrected chi connectivity index (χ1v) is 6.66. The molecule has 19 heavy (non-hydrogen) atoms. The summed E-state index contributed by atoms with van der Waals surface area (Å²) in [5.41, 5.74) is 5.09. The van der Waals surface area contributed by atoms with Gasteiger partial charge in [0.2, 0.25) is 5.95 Å². The van der Waals surface area contributed by atoms with Gasteiger partial charge in [-0.25, -0.2) is 4.98 Å². The average molecular weight is 254 g/mol. The fraction of sp³-hybridized carbons (Fsp3) is 0.333. The lowest BCUT2D eigenvalue weighted by molar-refractivity contribution is 0.912. The molecule has 0 amide bonds.